The molecular formula is C21H27ClN4O2. The number of anilines is 1. The monoisotopic (exact) mass is 402 g/mol. The minimum atomic E-state index is -0.0284. The highest BCUT2D eigenvalue weighted by atomic mass is 35.5. The highest BCUT2D eigenvalue weighted by molar-refractivity contribution is 5.85. The third kappa shape index (κ3) is 3.93. The quantitative estimate of drug-likeness (QED) is 0.675. The molecule has 1 fully saturated rings. The van der Waals surface area contributed by atoms with Crippen LogP contribution >= 0.6 is 12.4 Å². The van der Waals surface area contributed by atoms with Gasteiger partial charge < -0.3 is 19.4 Å². The summed E-state index contributed by atoms with van der Waals surface area (Å²) in [7, 11) is 1.67. The zero-order chi connectivity index (χ0) is 18.7. The summed E-state index contributed by atoms with van der Waals surface area (Å²) in [6, 6.07) is 8.23. The van der Waals surface area contributed by atoms with Gasteiger partial charge in [0.25, 0.3) is 0 Å². The number of nitrogens with zero attached hydrogens (tertiary/aromatic N) is 3. The third-order valence-electron chi connectivity index (χ3n) is 5.53. The van der Waals surface area contributed by atoms with Gasteiger partial charge in [-0.3, -0.25) is 0 Å². The number of nitrogens with one attached hydrogen (secondary N) is 1. The SMILES string of the molecule is COc1cncnc1N1CCNCC1(C)CCCc1coc2ccccc12.Cl. The fourth-order valence-electron chi connectivity index (χ4n) is 4.04. The Morgan fingerprint density at radius 3 is 3.04 bits per heavy atom. The van der Waals surface area contributed by atoms with Crippen molar-refractivity contribution in [2.24, 2.45) is 0 Å². The molecule has 150 valence electrons. The van der Waals surface area contributed by atoms with Crippen LogP contribution in [0.15, 0.2) is 47.5 Å². The Bertz CT molecular complexity index is 916. The van der Waals surface area contributed by atoms with Crippen LogP contribution in [0.5, 0.6) is 5.75 Å². The van der Waals surface area contributed by atoms with E-state index < -0.39 is 0 Å². The zero-order valence-electron chi connectivity index (χ0n) is 16.4. The number of piperazine rings is 1. The molecular weight excluding hydrogens is 376 g/mol. The molecule has 0 radical (unpaired) electrons. The predicted octanol–water partition coefficient (Wildman–Crippen LogP) is 3.84. The number of halogens is 1. The first-order valence-electron chi connectivity index (χ1n) is 9.49. The molecule has 1 aliphatic rings. The van der Waals surface area contributed by atoms with Crippen LogP contribution in [-0.2, 0) is 6.42 Å². The van der Waals surface area contributed by atoms with Crippen LogP contribution in [0, 0.1) is 0 Å². The summed E-state index contributed by atoms with van der Waals surface area (Å²) in [6.45, 7) is 5.06. The summed E-state index contributed by atoms with van der Waals surface area (Å²) >= 11 is 0. The Hall–Kier alpha value is -2.31. The molecule has 4 rings (SSSR count). The van der Waals surface area contributed by atoms with Gasteiger partial charge in [0, 0.05) is 25.0 Å². The Morgan fingerprint density at radius 2 is 2.18 bits per heavy atom. The number of hydrogen-bond donors (Lipinski definition) is 1. The number of rotatable bonds is 6. The van der Waals surface area contributed by atoms with E-state index in [-0.39, 0.29) is 17.9 Å². The molecule has 6 nitrogen and oxygen atoms in total. The molecule has 1 aromatic carbocycles. The molecule has 1 atom stereocenters. The molecule has 2 aromatic heterocycles. The molecule has 1 saturated heterocycles. The van der Waals surface area contributed by atoms with E-state index in [0.717, 1.165) is 56.0 Å². The van der Waals surface area contributed by atoms with E-state index in [1.165, 1.54) is 10.9 Å². The molecule has 0 bridgehead atoms. The van der Waals surface area contributed by atoms with Gasteiger partial charge in [0.1, 0.15) is 11.9 Å². The molecule has 0 spiro atoms. The maximum atomic E-state index is 5.68. The number of aromatic nitrogens is 2. The third-order valence-corrected chi connectivity index (χ3v) is 5.53. The van der Waals surface area contributed by atoms with Crippen molar-refractivity contribution in [3.05, 3.63) is 48.6 Å². The average Bonchev–Trinajstić information content (AvgIpc) is 3.11. The number of ether oxygens (including phenoxy) is 1. The molecule has 0 aliphatic carbocycles. The van der Waals surface area contributed by atoms with E-state index in [1.54, 1.807) is 19.6 Å². The lowest BCUT2D eigenvalue weighted by Crippen LogP contribution is -2.60. The van der Waals surface area contributed by atoms with Gasteiger partial charge in [-0.25, -0.2) is 9.97 Å². The summed E-state index contributed by atoms with van der Waals surface area (Å²) in [5.74, 6) is 1.61. The number of hydrogen-bond acceptors (Lipinski definition) is 6. The van der Waals surface area contributed by atoms with Crippen molar-refractivity contribution in [2.75, 3.05) is 31.6 Å². The summed E-state index contributed by atoms with van der Waals surface area (Å²) in [6.07, 6.45) is 8.36. The lowest BCUT2D eigenvalue weighted by Gasteiger charge is -2.46. The van der Waals surface area contributed by atoms with E-state index in [1.807, 2.05) is 18.4 Å². The topological polar surface area (TPSA) is 63.4 Å². The Balaban J connectivity index is 0.00000225. The first-order chi connectivity index (χ1) is 13.2. The lowest BCUT2D eigenvalue weighted by atomic mass is 9.89. The van der Waals surface area contributed by atoms with Crippen LogP contribution in [0.1, 0.15) is 25.3 Å². The standard InChI is InChI=1S/C21H26N4O2.ClH/c1-21(9-5-6-16-13-27-18-8-4-3-7-17(16)18)14-22-10-11-25(21)20-19(26-2)12-23-15-24-20;/h3-4,7-8,12-13,15,22H,5-6,9-11,14H2,1-2H3;1H. The molecule has 3 heterocycles. The predicted molar refractivity (Wildman–Crippen MR) is 114 cm³/mol. The van der Waals surface area contributed by atoms with E-state index in [4.69, 9.17) is 9.15 Å². The van der Waals surface area contributed by atoms with Crippen molar-refractivity contribution in [3.63, 3.8) is 0 Å². The van der Waals surface area contributed by atoms with Gasteiger partial charge in [-0.05, 0) is 37.8 Å². The summed E-state index contributed by atoms with van der Waals surface area (Å²) in [5.41, 5.74) is 2.22. The van der Waals surface area contributed by atoms with Gasteiger partial charge in [0.05, 0.1) is 25.1 Å². The molecule has 3 aromatic rings. The fourth-order valence-corrected chi connectivity index (χ4v) is 4.04. The average molecular weight is 403 g/mol. The van der Waals surface area contributed by atoms with E-state index in [2.05, 4.69) is 39.2 Å². The molecule has 0 saturated carbocycles. The van der Waals surface area contributed by atoms with Gasteiger partial charge >= 0.3 is 0 Å². The minimum Gasteiger partial charge on any atom is -0.491 e. The van der Waals surface area contributed by atoms with E-state index in [9.17, 15) is 0 Å². The second-order valence-corrected chi connectivity index (χ2v) is 7.35. The molecule has 1 N–H and O–H groups in total. The van der Waals surface area contributed by atoms with Gasteiger partial charge in [-0.2, -0.15) is 0 Å². The number of aryl methyl sites for hydroxylation is 1. The van der Waals surface area contributed by atoms with Crippen LogP contribution in [0.2, 0.25) is 0 Å². The number of para-hydroxylation sites is 1. The Labute approximate surface area is 171 Å². The van der Waals surface area contributed by atoms with E-state index >= 15 is 0 Å². The van der Waals surface area contributed by atoms with Crippen molar-refractivity contribution >= 4 is 29.2 Å². The lowest BCUT2D eigenvalue weighted by molar-refractivity contribution is 0.316. The van der Waals surface area contributed by atoms with Crippen LogP contribution in [-0.4, -0.2) is 42.3 Å². The van der Waals surface area contributed by atoms with E-state index in [0.29, 0.717) is 0 Å². The summed E-state index contributed by atoms with van der Waals surface area (Å²) < 4.78 is 11.2. The van der Waals surface area contributed by atoms with Crippen molar-refractivity contribution in [1.82, 2.24) is 15.3 Å². The highest BCUT2D eigenvalue weighted by Gasteiger charge is 2.36. The molecule has 1 unspecified atom stereocenters. The zero-order valence-corrected chi connectivity index (χ0v) is 17.2. The van der Waals surface area contributed by atoms with Crippen LogP contribution < -0.4 is 15.0 Å². The molecule has 28 heavy (non-hydrogen) atoms. The van der Waals surface area contributed by atoms with Crippen LogP contribution in [0.3, 0.4) is 0 Å². The second kappa shape index (κ2) is 8.80. The summed E-state index contributed by atoms with van der Waals surface area (Å²) in [4.78, 5) is 11.0. The molecule has 0 amide bonds. The second-order valence-electron chi connectivity index (χ2n) is 7.35. The van der Waals surface area contributed by atoms with Crippen LogP contribution in [0.25, 0.3) is 11.0 Å². The Kier molecular flexibility index (Phi) is 6.42. The first kappa shape index (κ1) is 20.4. The van der Waals surface area contributed by atoms with Gasteiger partial charge in [0.15, 0.2) is 11.6 Å². The number of fused-ring (bicyclic) bond motifs is 1. The molecule has 1 aliphatic heterocycles. The summed E-state index contributed by atoms with van der Waals surface area (Å²) in [5, 5.41) is 4.76. The Morgan fingerprint density at radius 1 is 1.32 bits per heavy atom. The smallest absolute Gasteiger partial charge is 0.179 e. The number of furan rings is 1. The van der Waals surface area contributed by atoms with Crippen molar-refractivity contribution < 1.29 is 9.15 Å². The minimum absolute atomic E-state index is 0. The van der Waals surface area contributed by atoms with Crippen LogP contribution in [0.4, 0.5) is 5.82 Å². The van der Waals surface area contributed by atoms with Gasteiger partial charge in [0.2, 0.25) is 0 Å². The maximum absolute atomic E-state index is 5.68. The maximum Gasteiger partial charge on any atom is 0.179 e. The van der Waals surface area contributed by atoms with Crippen molar-refractivity contribution in [2.45, 2.75) is 31.7 Å². The van der Waals surface area contributed by atoms with Crippen molar-refractivity contribution in [1.29, 1.82) is 0 Å². The largest absolute Gasteiger partial charge is 0.491 e. The fraction of sp³-hybridized carbons (Fsp3) is 0.429. The number of benzene rings is 1. The molecule has 7 heteroatoms. The highest BCUT2D eigenvalue weighted by Crippen LogP contribution is 2.34. The first-order valence-corrected chi connectivity index (χ1v) is 9.49. The van der Waals surface area contributed by atoms with Crippen molar-refractivity contribution in [3.8, 4) is 5.75 Å². The number of methoxy groups -OCH3 is 1. The van der Waals surface area contributed by atoms with Gasteiger partial charge in [-0.1, -0.05) is 18.2 Å². The van der Waals surface area contributed by atoms with Gasteiger partial charge in [-0.15, -0.1) is 12.4 Å². The normalized spacial score (nSPS) is 19.4.